The second-order valence-corrected chi connectivity index (χ2v) is 9.36. The summed E-state index contributed by atoms with van der Waals surface area (Å²) in [7, 11) is 0. The summed E-state index contributed by atoms with van der Waals surface area (Å²) in [5.74, 6) is 0. The van der Waals surface area contributed by atoms with E-state index in [4.69, 9.17) is 14.2 Å². The fraction of sp³-hybridized carbons (Fsp3) is 1.00. The summed E-state index contributed by atoms with van der Waals surface area (Å²) in [6, 6.07) is 0. The lowest BCUT2D eigenvalue weighted by Gasteiger charge is -2.29. The summed E-state index contributed by atoms with van der Waals surface area (Å²) < 4.78 is 17.0. The highest BCUT2D eigenvalue weighted by atomic mass is 79.9. The molecule has 0 spiro atoms. The minimum absolute atomic E-state index is 0.00998. The van der Waals surface area contributed by atoms with Crippen molar-refractivity contribution in [1.29, 1.82) is 0 Å². The lowest BCUT2D eigenvalue weighted by molar-refractivity contribution is -0.125. The Balaban J connectivity index is 2.62. The van der Waals surface area contributed by atoms with Gasteiger partial charge in [0, 0.05) is 6.42 Å². The van der Waals surface area contributed by atoms with Crippen molar-refractivity contribution in [3.63, 3.8) is 0 Å². The van der Waals surface area contributed by atoms with Gasteiger partial charge in [-0.25, -0.2) is 0 Å². The van der Waals surface area contributed by atoms with Gasteiger partial charge in [0.25, 0.3) is 0 Å². The highest BCUT2D eigenvalue weighted by molar-refractivity contribution is 9.11. The van der Waals surface area contributed by atoms with Gasteiger partial charge in [-0.3, -0.25) is 0 Å². The number of hydrogen-bond acceptors (Lipinski definition) is 4. The highest BCUT2D eigenvalue weighted by Gasteiger charge is 2.45. The minimum atomic E-state index is -0.616. The van der Waals surface area contributed by atoms with E-state index in [0.717, 1.165) is 0 Å². The Labute approximate surface area is 124 Å². The zero-order chi connectivity index (χ0) is 14.2. The van der Waals surface area contributed by atoms with Gasteiger partial charge in [-0.1, -0.05) is 0 Å². The van der Waals surface area contributed by atoms with E-state index in [1.807, 2.05) is 41.5 Å². The molecular formula is C13H25BrO3S. The largest absolute Gasteiger partial charge is 0.373 e. The van der Waals surface area contributed by atoms with Crippen molar-refractivity contribution in [2.75, 3.05) is 6.61 Å². The van der Waals surface area contributed by atoms with E-state index < -0.39 is 3.84 Å². The molecule has 1 rings (SSSR count). The molecule has 18 heavy (non-hydrogen) atoms. The van der Waals surface area contributed by atoms with Crippen LogP contribution in [0.4, 0.5) is 0 Å². The molecule has 0 aliphatic carbocycles. The Kier molecular flexibility index (Phi) is 5.22. The molecule has 0 saturated carbocycles. The number of halogens is 1. The Bertz CT molecular complexity index is 281. The molecule has 108 valence electrons. The lowest BCUT2D eigenvalue weighted by Crippen LogP contribution is -2.37. The second-order valence-electron chi connectivity index (χ2n) is 6.74. The van der Waals surface area contributed by atoms with Crippen LogP contribution in [0.2, 0.25) is 0 Å². The quantitative estimate of drug-likeness (QED) is 0.626. The van der Waals surface area contributed by atoms with Crippen LogP contribution in [-0.4, -0.2) is 33.9 Å². The standard InChI is InChI=1S/C13H25BrO3S/c1-11(2,3)15-8-10-9(16-12(4,5)6)7-13(14,18)17-10/h9-10,18H,7-8H2,1-6H3. The number of hydrogen-bond donors (Lipinski definition) is 1. The number of ether oxygens (including phenoxy) is 3. The third-order valence-electron chi connectivity index (χ3n) is 2.39. The monoisotopic (exact) mass is 340 g/mol. The van der Waals surface area contributed by atoms with Crippen LogP contribution in [0.1, 0.15) is 48.0 Å². The van der Waals surface area contributed by atoms with Gasteiger partial charge in [0.05, 0.1) is 23.9 Å². The van der Waals surface area contributed by atoms with Gasteiger partial charge >= 0.3 is 0 Å². The van der Waals surface area contributed by atoms with Gasteiger partial charge in [0.15, 0.2) is 3.84 Å². The molecule has 1 saturated heterocycles. The first-order valence-electron chi connectivity index (χ1n) is 6.29. The summed E-state index contributed by atoms with van der Waals surface area (Å²) in [4.78, 5) is 0. The van der Waals surface area contributed by atoms with Crippen molar-refractivity contribution in [3.05, 3.63) is 0 Å². The van der Waals surface area contributed by atoms with Crippen LogP contribution in [0.5, 0.6) is 0 Å². The maximum atomic E-state index is 6.03. The average Bonchev–Trinajstić information content (AvgIpc) is 2.32. The maximum Gasteiger partial charge on any atom is 0.169 e. The Morgan fingerprint density at radius 1 is 1.22 bits per heavy atom. The van der Waals surface area contributed by atoms with Crippen molar-refractivity contribution >= 4 is 28.6 Å². The average molecular weight is 341 g/mol. The molecule has 3 nitrogen and oxygen atoms in total. The van der Waals surface area contributed by atoms with Crippen LogP contribution < -0.4 is 0 Å². The summed E-state index contributed by atoms with van der Waals surface area (Å²) in [6.45, 7) is 12.7. The van der Waals surface area contributed by atoms with E-state index in [1.54, 1.807) is 0 Å². The normalized spacial score (nSPS) is 34.0. The Morgan fingerprint density at radius 2 is 1.78 bits per heavy atom. The first-order valence-corrected chi connectivity index (χ1v) is 7.53. The van der Waals surface area contributed by atoms with Crippen LogP contribution in [0.15, 0.2) is 0 Å². The second kappa shape index (κ2) is 5.60. The van der Waals surface area contributed by atoms with Gasteiger partial charge in [-0.05, 0) is 57.5 Å². The van der Waals surface area contributed by atoms with Crippen molar-refractivity contribution in [2.24, 2.45) is 0 Å². The van der Waals surface area contributed by atoms with Crippen molar-refractivity contribution < 1.29 is 14.2 Å². The van der Waals surface area contributed by atoms with Gasteiger partial charge in [0.2, 0.25) is 0 Å². The molecule has 0 aromatic heterocycles. The lowest BCUT2D eigenvalue weighted by atomic mass is 10.1. The van der Waals surface area contributed by atoms with Crippen LogP contribution in [-0.2, 0) is 14.2 Å². The molecule has 0 radical (unpaired) electrons. The molecule has 1 aliphatic heterocycles. The predicted molar refractivity (Wildman–Crippen MR) is 80.5 cm³/mol. The van der Waals surface area contributed by atoms with Gasteiger partial charge in [-0.15, -0.1) is 12.6 Å². The molecular weight excluding hydrogens is 316 g/mol. The topological polar surface area (TPSA) is 27.7 Å². The van der Waals surface area contributed by atoms with Gasteiger partial charge in [0.1, 0.15) is 6.10 Å². The zero-order valence-corrected chi connectivity index (χ0v) is 14.6. The predicted octanol–water partition coefficient (Wildman–Crippen LogP) is 3.75. The molecule has 1 fully saturated rings. The third-order valence-corrected chi connectivity index (χ3v) is 3.18. The summed E-state index contributed by atoms with van der Waals surface area (Å²) in [5, 5.41) is 0. The Morgan fingerprint density at radius 3 is 2.22 bits per heavy atom. The molecule has 0 aromatic rings. The van der Waals surface area contributed by atoms with Crippen molar-refractivity contribution in [2.45, 2.75) is 75.2 Å². The van der Waals surface area contributed by atoms with Crippen LogP contribution >= 0.6 is 28.6 Å². The van der Waals surface area contributed by atoms with Gasteiger partial charge < -0.3 is 14.2 Å². The molecule has 0 aromatic carbocycles. The number of thiol groups is 1. The summed E-state index contributed by atoms with van der Waals surface area (Å²) >= 11 is 7.90. The van der Waals surface area contributed by atoms with Crippen LogP contribution in [0.3, 0.4) is 0 Å². The van der Waals surface area contributed by atoms with Gasteiger partial charge in [-0.2, -0.15) is 0 Å². The van der Waals surface area contributed by atoms with Crippen molar-refractivity contribution in [1.82, 2.24) is 0 Å². The molecule has 5 heteroatoms. The van der Waals surface area contributed by atoms with E-state index in [2.05, 4.69) is 28.6 Å². The first kappa shape index (κ1) is 16.8. The SMILES string of the molecule is CC(C)(C)OCC1OC(S)(Br)CC1OC(C)(C)C. The molecule has 3 unspecified atom stereocenters. The maximum absolute atomic E-state index is 6.03. The third kappa shape index (κ3) is 6.24. The molecule has 0 N–H and O–H groups in total. The minimum Gasteiger partial charge on any atom is -0.373 e. The Hall–Kier alpha value is 0.710. The number of rotatable bonds is 3. The zero-order valence-electron chi connectivity index (χ0n) is 12.1. The summed E-state index contributed by atoms with van der Waals surface area (Å²) in [5.41, 5.74) is -0.376. The van der Waals surface area contributed by atoms with E-state index in [-0.39, 0.29) is 23.4 Å². The summed E-state index contributed by atoms with van der Waals surface area (Å²) in [6.07, 6.45) is 0.593. The molecule has 0 bridgehead atoms. The van der Waals surface area contributed by atoms with E-state index >= 15 is 0 Å². The molecule has 1 aliphatic rings. The first-order chi connectivity index (χ1) is 7.88. The molecule has 3 atom stereocenters. The van der Waals surface area contributed by atoms with Crippen LogP contribution in [0.25, 0.3) is 0 Å². The van der Waals surface area contributed by atoms with E-state index in [0.29, 0.717) is 13.0 Å². The molecule has 0 amide bonds. The van der Waals surface area contributed by atoms with E-state index in [1.165, 1.54) is 0 Å². The fourth-order valence-electron chi connectivity index (χ4n) is 1.78. The van der Waals surface area contributed by atoms with Crippen molar-refractivity contribution in [3.8, 4) is 0 Å². The molecule has 1 heterocycles. The fourth-order valence-corrected chi connectivity index (χ4v) is 2.66. The number of alkyl halides is 1. The highest BCUT2D eigenvalue weighted by Crippen LogP contribution is 2.42. The van der Waals surface area contributed by atoms with E-state index in [9.17, 15) is 0 Å². The van der Waals surface area contributed by atoms with Crippen LogP contribution in [0, 0.1) is 0 Å². The smallest absolute Gasteiger partial charge is 0.169 e.